The molecule has 2 aromatic rings. The fourth-order valence-corrected chi connectivity index (χ4v) is 2.58. The number of hydrogen-bond acceptors (Lipinski definition) is 4. The van der Waals surface area contributed by atoms with Gasteiger partial charge in [-0.2, -0.15) is 5.10 Å². The Morgan fingerprint density at radius 2 is 1.78 bits per heavy atom. The third-order valence-corrected chi connectivity index (χ3v) is 4.17. The van der Waals surface area contributed by atoms with Crippen LogP contribution in [0.3, 0.4) is 0 Å². The first kappa shape index (κ1) is 17.1. The highest BCUT2D eigenvalue weighted by Crippen LogP contribution is 2.18. The third kappa shape index (κ3) is 5.14. The van der Waals surface area contributed by atoms with Gasteiger partial charge in [0.25, 0.3) is 5.91 Å². The van der Waals surface area contributed by atoms with Crippen molar-refractivity contribution in [1.29, 1.82) is 0 Å². The van der Waals surface area contributed by atoms with Gasteiger partial charge in [-0.1, -0.05) is 30.3 Å². The van der Waals surface area contributed by atoms with Crippen LogP contribution >= 0.6 is 11.8 Å². The average Bonchev–Trinajstić information content (AvgIpc) is 2.55. The molecule has 4 nitrogen and oxygen atoms in total. The summed E-state index contributed by atoms with van der Waals surface area (Å²) >= 11 is 1.69. The van der Waals surface area contributed by atoms with Crippen molar-refractivity contribution in [2.75, 3.05) is 18.1 Å². The summed E-state index contributed by atoms with van der Waals surface area (Å²) < 4.78 is 0. The van der Waals surface area contributed by atoms with Crippen molar-refractivity contribution >= 4 is 29.6 Å². The van der Waals surface area contributed by atoms with Gasteiger partial charge in [-0.05, 0) is 48.9 Å². The SMILES string of the molecule is CSc1ccc(C=NNC(=O)CNc2c(C)cccc2C)cc1. The number of para-hydroxylation sites is 1. The highest BCUT2D eigenvalue weighted by Gasteiger charge is 2.04. The van der Waals surface area contributed by atoms with E-state index in [2.05, 4.69) is 15.8 Å². The number of aryl methyl sites for hydroxylation is 2. The van der Waals surface area contributed by atoms with Crippen LogP contribution in [0.15, 0.2) is 52.5 Å². The molecule has 0 aromatic heterocycles. The summed E-state index contributed by atoms with van der Waals surface area (Å²) in [5.74, 6) is -0.176. The number of carbonyl (C=O) groups excluding carboxylic acids is 1. The molecule has 0 aliphatic heterocycles. The van der Waals surface area contributed by atoms with Gasteiger partial charge >= 0.3 is 0 Å². The van der Waals surface area contributed by atoms with E-state index in [1.807, 2.05) is 62.6 Å². The number of thioether (sulfide) groups is 1. The smallest absolute Gasteiger partial charge is 0.259 e. The summed E-state index contributed by atoms with van der Waals surface area (Å²) in [6, 6.07) is 14.0. The molecule has 0 aliphatic carbocycles. The minimum Gasteiger partial charge on any atom is -0.376 e. The van der Waals surface area contributed by atoms with Crippen molar-refractivity contribution in [3.63, 3.8) is 0 Å². The zero-order valence-electron chi connectivity index (χ0n) is 13.6. The monoisotopic (exact) mass is 327 g/mol. The Bertz CT molecular complexity index is 676. The summed E-state index contributed by atoms with van der Waals surface area (Å²) in [7, 11) is 0. The van der Waals surface area contributed by atoms with Crippen LogP contribution in [0.1, 0.15) is 16.7 Å². The second kappa shape index (κ2) is 8.39. The Kier molecular flexibility index (Phi) is 6.23. The van der Waals surface area contributed by atoms with Crippen LogP contribution in [-0.2, 0) is 4.79 Å². The van der Waals surface area contributed by atoms with Gasteiger partial charge in [0.15, 0.2) is 0 Å². The fourth-order valence-electron chi connectivity index (χ4n) is 2.17. The topological polar surface area (TPSA) is 53.5 Å². The van der Waals surface area contributed by atoms with E-state index < -0.39 is 0 Å². The minimum atomic E-state index is -0.176. The Morgan fingerprint density at radius 3 is 2.39 bits per heavy atom. The molecule has 2 aromatic carbocycles. The first-order valence-electron chi connectivity index (χ1n) is 7.36. The lowest BCUT2D eigenvalue weighted by molar-refractivity contribution is -0.119. The van der Waals surface area contributed by atoms with E-state index in [0.29, 0.717) is 0 Å². The van der Waals surface area contributed by atoms with Crippen molar-refractivity contribution in [2.24, 2.45) is 5.10 Å². The molecule has 120 valence electrons. The Labute approximate surface area is 141 Å². The molecule has 0 saturated heterocycles. The van der Waals surface area contributed by atoms with Crippen LogP contribution in [-0.4, -0.2) is 24.9 Å². The first-order valence-corrected chi connectivity index (χ1v) is 8.58. The molecule has 0 radical (unpaired) electrons. The standard InChI is InChI=1S/C18H21N3OS/c1-13-5-4-6-14(2)18(13)19-12-17(22)21-20-11-15-7-9-16(23-3)10-8-15/h4-11,19H,12H2,1-3H3,(H,21,22). The quantitative estimate of drug-likeness (QED) is 0.484. The number of hydrogen-bond donors (Lipinski definition) is 2. The Hall–Kier alpha value is -2.27. The molecular formula is C18H21N3OS. The van der Waals surface area contributed by atoms with E-state index in [0.717, 1.165) is 22.4 Å². The number of rotatable bonds is 6. The predicted molar refractivity (Wildman–Crippen MR) is 98.4 cm³/mol. The van der Waals surface area contributed by atoms with Crippen molar-refractivity contribution in [2.45, 2.75) is 18.7 Å². The molecule has 23 heavy (non-hydrogen) atoms. The summed E-state index contributed by atoms with van der Waals surface area (Å²) in [5, 5.41) is 7.14. The third-order valence-electron chi connectivity index (χ3n) is 3.43. The number of nitrogens with one attached hydrogen (secondary N) is 2. The second-order valence-corrected chi connectivity index (χ2v) is 6.07. The van der Waals surface area contributed by atoms with Gasteiger partial charge in [0.2, 0.25) is 0 Å². The maximum absolute atomic E-state index is 11.8. The van der Waals surface area contributed by atoms with Crippen LogP contribution in [0, 0.1) is 13.8 Å². The highest BCUT2D eigenvalue weighted by atomic mass is 32.2. The van der Waals surface area contributed by atoms with Gasteiger partial charge in [0, 0.05) is 10.6 Å². The minimum absolute atomic E-state index is 0.176. The predicted octanol–water partition coefficient (Wildman–Crippen LogP) is 3.59. The van der Waals surface area contributed by atoms with Crippen molar-refractivity contribution < 1.29 is 4.79 Å². The van der Waals surface area contributed by atoms with Crippen molar-refractivity contribution in [3.8, 4) is 0 Å². The van der Waals surface area contributed by atoms with Gasteiger partial charge in [0.05, 0.1) is 12.8 Å². The summed E-state index contributed by atoms with van der Waals surface area (Å²) in [5.41, 5.74) is 6.72. The molecule has 2 rings (SSSR count). The number of hydrazone groups is 1. The van der Waals surface area contributed by atoms with Gasteiger partial charge in [-0.25, -0.2) is 5.43 Å². The normalized spacial score (nSPS) is 10.7. The van der Waals surface area contributed by atoms with Gasteiger partial charge in [0.1, 0.15) is 0 Å². The first-order chi connectivity index (χ1) is 11.1. The van der Waals surface area contributed by atoms with Crippen molar-refractivity contribution in [1.82, 2.24) is 5.43 Å². The fraction of sp³-hybridized carbons (Fsp3) is 0.222. The largest absolute Gasteiger partial charge is 0.376 e. The molecule has 5 heteroatoms. The van der Waals surface area contributed by atoms with Crippen LogP contribution in [0.5, 0.6) is 0 Å². The summed E-state index contributed by atoms with van der Waals surface area (Å²) in [4.78, 5) is 13.0. The summed E-state index contributed by atoms with van der Waals surface area (Å²) in [6.07, 6.45) is 3.67. The van der Waals surface area contributed by atoms with E-state index in [4.69, 9.17) is 0 Å². The lowest BCUT2D eigenvalue weighted by atomic mass is 10.1. The molecule has 0 spiro atoms. The molecular weight excluding hydrogens is 306 g/mol. The van der Waals surface area contributed by atoms with E-state index >= 15 is 0 Å². The molecule has 0 atom stereocenters. The summed E-state index contributed by atoms with van der Waals surface area (Å²) in [6.45, 7) is 4.22. The van der Waals surface area contributed by atoms with Crippen LogP contribution < -0.4 is 10.7 Å². The Morgan fingerprint density at radius 1 is 1.13 bits per heavy atom. The van der Waals surface area contributed by atoms with E-state index in [1.54, 1.807) is 18.0 Å². The van der Waals surface area contributed by atoms with Gasteiger partial charge in [-0.15, -0.1) is 11.8 Å². The van der Waals surface area contributed by atoms with Crippen molar-refractivity contribution in [3.05, 3.63) is 59.2 Å². The molecule has 0 fully saturated rings. The second-order valence-electron chi connectivity index (χ2n) is 5.19. The van der Waals surface area contributed by atoms with Gasteiger partial charge in [-0.3, -0.25) is 4.79 Å². The molecule has 0 bridgehead atoms. The zero-order chi connectivity index (χ0) is 16.7. The van der Waals surface area contributed by atoms with Crippen LogP contribution in [0.4, 0.5) is 5.69 Å². The molecule has 0 unspecified atom stereocenters. The molecule has 2 N–H and O–H groups in total. The van der Waals surface area contributed by atoms with E-state index in [-0.39, 0.29) is 12.5 Å². The van der Waals surface area contributed by atoms with Crippen LogP contribution in [0.25, 0.3) is 0 Å². The number of carbonyl (C=O) groups is 1. The number of nitrogens with zero attached hydrogens (tertiary/aromatic N) is 1. The van der Waals surface area contributed by atoms with E-state index in [1.165, 1.54) is 4.90 Å². The average molecular weight is 327 g/mol. The highest BCUT2D eigenvalue weighted by molar-refractivity contribution is 7.98. The van der Waals surface area contributed by atoms with Gasteiger partial charge < -0.3 is 5.32 Å². The number of anilines is 1. The Balaban J connectivity index is 1.84. The number of benzene rings is 2. The lowest BCUT2D eigenvalue weighted by Gasteiger charge is -2.11. The lowest BCUT2D eigenvalue weighted by Crippen LogP contribution is -2.26. The molecule has 0 aliphatic rings. The van der Waals surface area contributed by atoms with Crippen LogP contribution in [0.2, 0.25) is 0 Å². The maximum Gasteiger partial charge on any atom is 0.259 e. The zero-order valence-corrected chi connectivity index (χ0v) is 14.4. The molecule has 0 heterocycles. The molecule has 1 amide bonds. The molecule has 0 saturated carbocycles. The maximum atomic E-state index is 11.8. The van der Waals surface area contributed by atoms with E-state index in [9.17, 15) is 4.79 Å². The number of amides is 1.